The average molecular weight is 212 g/mol. The van der Waals surface area contributed by atoms with E-state index < -0.39 is 12.1 Å². The highest BCUT2D eigenvalue weighted by Crippen LogP contribution is 2.18. The summed E-state index contributed by atoms with van der Waals surface area (Å²) in [5.74, 6) is 0. The van der Waals surface area contributed by atoms with Gasteiger partial charge in [-0.15, -0.1) is 6.58 Å². The van der Waals surface area contributed by atoms with Crippen LogP contribution in [0.15, 0.2) is 36.9 Å². The fourth-order valence-corrected chi connectivity index (χ4v) is 1.31. The topological polar surface area (TPSA) is 49.3 Å². The first kappa shape index (κ1) is 10.6. The van der Waals surface area contributed by atoms with Crippen LogP contribution in [-0.2, 0) is 0 Å². The lowest BCUT2D eigenvalue weighted by molar-refractivity contribution is 0.192. The molecule has 0 aromatic heterocycles. The number of amides is 1. The van der Waals surface area contributed by atoms with Gasteiger partial charge in [0.1, 0.15) is 0 Å². The summed E-state index contributed by atoms with van der Waals surface area (Å²) >= 11 is 5.77. The Hall–Kier alpha value is -1.48. The Balaban J connectivity index is 2.89. The number of benzene rings is 1. The highest BCUT2D eigenvalue weighted by molar-refractivity contribution is 6.30. The predicted octanol–water partition coefficient (Wildman–Crippen LogP) is 2.83. The standard InChI is InChI=1S/C10H10ClNO2/c1-2-9(12-10(13)14)7-4-3-5-8(11)6-7/h2-6,9,12H,1H2,(H,13,14). The molecule has 3 nitrogen and oxygen atoms in total. The molecule has 1 aromatic carbocycles. The minimum atomic E-state index is -1.09. The summed E-state index contributed by atoms with van der Waals surface area (Å²) < 4.78 is 0. The summed E-state index contributed by atoms with van der Waals surface area (Å²) in [6.07, 6.45) is 0.426. The van der Waals surface area contributed by atoms with E-state index >= 15 is 0 Å². The molecule has 0 radical (unpaired) electrons. The molecule has 4 heteroatoms. The van der Waals surface area contributed by atoms with E-state index in [1.165, 1.54) is 6.08 Å². The molecule has 1 rings (SSSR count). The van der Waals surface area contributed by atoms with Gasteiger partial charge >= 0.3 is 6.09 Å². The normalized spacial score (nSPS) is 11.8. The van der Waals surface area contributed by atoms with Crippen LogP contribution in [0.3, 0.4) is 0 Å². The lowest BCUT2D eigenvalue weighted by atomic mass is 10.1. The Kier molecular flexibility index (Phi) is 3.54. The molecule has 2 N–H and O–H groups in total. The Morgan fingerprint density at radius 1 is 1.64 bits per heavy atom. The molecule has 14 heavy (non-hydrogen) atoms. The number of carboxylic acid groups (broad SMARTS) is 1. The van der Waals surface area contributed by atoms with Crippen molar-refractivity contribution in [3.8, 4) is 0 Å². The second-order valence-electron chi connectivity index (χ2n) is 2.72. The van der Waals surface area contributed by atoms with Gasteiger partial charge in [0.15, 0.2) is 0 Å². The molecule has 1 atom stereocenters. The second-order valence-corrected chi connectivity index (χ2v) is 3.15. The Labute approximate surface area is 87.0 Å². The third kappa shape index (κ3) is 2.78. The van der Waals surface area contributed by atoms with E-state index in [2.05, 4.69) is 11.9 Å². The zero-order valence-corrected chi connectivity index (χ0v) is 8.16. The van der Waals surface area contributed by atoms with Gasteiger partial charge in [0.25, 0.3) is 0 Å². The first-order valence-corrected chi connectivity index (χ1v) is 4.38. The van der Waals surface area contributed by atoms with Gasteiger partial charge < -0.3 is 10.4 Å². The van der Waals surface area contributed by atoms with Gasteiger partial charge in [-0.05, 0) is 17.7 Å². The third-order valence-electron chi connectivity index (χ3n) is 1.72. The summed E-state index contributed by atoms with van der Waals surface area (Å²) in [5, 5.41) is 11.4. The summed E-state index contributed by atoms with van der Waals surface area (Å²) in [5.41, 5.74) is 0.773. The van der Waals surface area contributed by atoms with Crippen LogP contribution in [0.2, 0.25) is 5.02 Å². The van der Waals surface area contributed by atoms with Gasteiger partial charge in [-0.2, -0.15) is 0 Å². The van der Waals surface area contributed by atoms with Crippen molar-refractivity contribution in [2.75, 3.05) is 0 Å². The molecule has 1 amide bonds. The van der Waals surface area contributed by atoms with Crippen LogP contribution in [0.4, 0.5) is 4.79 Å². The van der Waals surface area contributed by atoms with Crippen molar-refractivity contribution in [1.82, 2.24) is 5.32 Å². The quantitative estimate of drug-likeness (QED) is 0.756. The van der Waals surface area contributed by atoms with Crippen LogP contribution < -0.4 is 5.32 Å². The molecular weight excluding hydrogens is 202 g/mol. The summed E-state index contributed by atoms with van der Waals surface area (Å²) in [6, 6.07) is 6.55. The van der Waals surface area contributed by atoms with E-state index in [1.54, 1.807) is 24.3 Å². The maximum Gasteiger partial charge on any atom is 0.405 e. The van der Waals surface area contributed by atoms with Crippen molar-refractivity contribution in [2.45, 2.75) is 6.04 Å². The van der Waals surface area contributed by atoms with Gasteiger partial charge in [0, 0.05) is 5.02 Å². The second kappa shape index (κ2) is 4.67. The van der Waals surface area contributed by atoms with Crippen LogP contribution in [0.5, 0.6) is 0 Å². The van der Waals surface area contributed by atoms with Crippen LogP contribution in [0.25, 0.3) is 0 Å². The highest BCUT2D eigenvalue weighted by atomic mass is 35.5. The zero-order valence-electron chi connectivity index (χ0n) is 7.40. The summed E-state index contributed by atoms with van der Waals surface area (Å²) in [7, 11) is 0. The number of rotatable bonds is 3. The molecule has 0 bridgehead atoms. The third-order valence-corrected chi connectivity index (χ3v) is 1.96. The Bertz CT molecular complexity index is 352. The van der Waals surface area contributed by atoms with Crippen LogP contribution >= 0.6 is 11.6 Å². The molecule has 0 fully saturated rings. The fraction of sp³-hybridized carbons (Fsp3) is 0.100. The van der Waals surface area contributed by atoms with E-state index in [0.29, 0.717) is 5.02 Å². The molecule has 1 unspecified atom stereocenters. The van der Waals surface area contributed by atoms with Gasteiger partial charge in [0.05, 0.1) is 6.04 Å². The van der Waals surface area contributed by atoms with Crippen LogP contribution in [0, 0.1) is 0 Å². The Morgan fingerprint density at radius 2 is 2.36 bits per heavy atom. The van der Waals surface area contributed by atoms with Crippen molar-refractivity contribution in [1.29, 1.82) is 0 Å². The monoisotopic (exact) mass is 211 g/mol. The number of halogens is 1. The lowest BCUT2D eigenvalue weighted by Gasteiger charge is -2.12. The van der Waals surface area contributed by atoms with Crippen LogP contribution in [0.1, 0.15) is 11.6 Å². The molecule has 1 aromatic rings. The molecule has 0 aliphatic heterocycles. The van der Waals surface area contributed by atoms with E-state index in [-0.39, 0.29) is 0 Å². The number of carbonyl (C=O) groups is 1. The molecule has 74 valence electrons. The molecule has 0 heterocycles. The lowest BCUT2D eigenvalue weighted by Crippen LogP contribution is -2.25. The molecule has 0 aliphatic carbocycles. The highest BCUT2D eigenvalue weighted by Gasteiger charge is 2.09. The maximum absolute atomic E-state index is 10.4. The maximum atomic E-state index is 10.4. The summed E-state index contributed by atoms with van der Waals surface area (Å²) in [6.45, 7) is 3.55. The van der Waals surface area contributed by atoms with Crippen molar-refractivity contribution in [2.24, 2.45) is 0 Å². The van der Waals surface area contributed by atoms with Crippen molar-refractivity contribution in [3.63, 3.8) is 0 Å². The van der Waals surface area contributed by atoms with Gasteiger partial charge in [-0.3, -0.25) is 0 Å². The molecule has 0 saturated heterocycles. The van der Waals surface area contributed by atoms with E-state index in [1.807, 2.05) is 0 Å². The minimum Gasteiger partial charge on any atom is -0.465 e. The number of nitrogens with one attached hydrogen (secondary N) is 1. The fourth-order valence-electron chi connectivity index (χ4n) is 1.11. The van der Waals surface area contributed by atoms with E-state index in [4.69, 9.17) is 16.7 Å². The Morgan fingerprint density at radius 3 is 2.86 bits per heavy atom. The number of hydrogen-bond donors (Lipinski definition) is 2. The van der Waals surface area contributed by atoms with Gasteiger partial charge in [0.2, 0.25) is 0 Å². The smallest absolute Gasteiger partial charge is 0.405 e. The van der Waals surface area contributed by atoms with E-state index in [0.717, 1.165) is 5.56 Å². The van der Waals surface area contributed by atoms with Crippen molar-refractivity contribution >= 4 is 17.7 Å². The molecule has 0 spiro atoms. The van der Waals surface area contributed by atoms with Gasteiger partial charge in [-0.25, -0.2) is 4.79 Å². The predicted molar refractivity (Wildman–Crippen MR) is 55.6 cm³/mol. The minimum absolute atomic E-state index is 0.425. The first-order valence-electron chi connectivity index (χ1n) is 4.01. The first-order chi connectivity index (χ1) is 6.63. The average Bonchev–Trinajstić information content (AvgIpc) is 2.14. The summed E-state index contributed by atoms with van der Waals surface area (Å²) in [4.78, 5) is 10.4. The van der Waals surface area contributed by atoms with Crippen molar-refractivity contribution in [3.05, 3.63) is 47.5 Å². The van der Waals surface area contributed by atoms with Gasteiger partial charge in [-0.1, -0.05) is 29.8 Å². The molecule has 0 saturated carbocycles. The molecule has 0 aliphatic rings. The molecular formula is C10H10ClNO2. The van der Waals surface area contributed by atoms with E-state index in [9.17, 15) is 4.79 Å². The zero-order chi connectivity index (χ0) is 10.6. The van der Waals surface area contributed by atoms with Crippen molar-refractivity contribution < 1.29 is 9.90 Å². The largest absolute Gasteiger partial charge is 0.465 e. The number of hydrogen-bond acceptors (Lipinski definition) is 1. The SMILES string of the molecule is C=CC(NC(=O)O)c1cccc(Cl)c1. The van der Waals surface area contributed by atoms with Crippen LogP contribution in [-0.4, -0.2) is 11.2 Å².